The third-order valence-corrected chi connectivity index (χ3v) is 4.90. The maximum absolute atomic E-state index is 12.7. The minimum atomic E-state index is -0.754. The lowest BCUT2D eigenvalue weighted by Crippen LogP contribution is -2.46. The standard InChI is InChI=1S/C20H24N6O4/c1-12-6-16(30-25-12)8-19(28)26-11-15(27)7-18(26)20(29)23-10-13-2-4-14(5-3-13)17(9-21)24-22/h2-6,9,15,18,21,27H,7-8,10-11,22H2,1H3,(H,23,29)/t15-,18+/m1/s1. The summed E-state index contributed by atoms with van der Waals surface area (Å²) in [5, 5.41) is 27.4. The number of aromatic nitrogens is 1. The summed E-state index contributed by atoms with van der Waals surface area (Å²) in [5.41, 5.74) is 2.55. The number of hydrazone groups is 1. The van der Waals surface area contributed by atoms with Crippen molar-refractivity contribution in [3.8, 4) is 0 Å². The number of nitrogens with zero attached hydrogens (tertiary/aromatic N) is 3. The first-order valence-corrected chi connectivity index (χ1v) is 9.46. The fourth-order valence-corrected chi connectivity index (χ4v) is 3.38. The summed E-state index contributed by atoms with van der Waals surface area (Å²) in [5.74, 6) is 5.03. The lowest BCUT2D eigenvalue weighted by molar-refractivity contribution is -0.138. The number of likely N-dealkylation sites (tertiary alicyclic amines) is 1. The van der Waals surface area contributed by atoms with Crippen molar-refractivity contribution in [1.82, 2.24) is 15.4 Å². The Morgan fingerprint density at radius 1 is 1.43 bits per heavy atom. The number of nitrogens with two attached hydrogens (primary N) is 1. The molecule has 1 saturated heterocycles. The zero-order chi connectivity index (χ0) is 21.7. The molecule has 5 N–H and O–H groups in total. The van der Waals surface area contributed by atoms with Crippen LogP contribution in [0.15, 0.2) is 40.0 Å². The molecule has 0 bridgehead atoms. The van der Waals surface area contributed by atoms with Crippen molar-refractivity contribution >= 4 is 23.7 Å². The molecule has 0 radical (unpaired) electrons. The van der Waals surface area contributed by atoms with Gasteiger partial charge in [0, 0.05) is 37.4 Å². The Morgan fingerprint density at radius 2 is 2.17 bits per heavy atom. The van der Waals surface area contributed by atoms with E-state index < -0.39 is 12.1 Å². The maximum Gasteiger partial charge on any atom is 0.243 e. The SMILES string of the molecule is Cc1cc(CC(=O)N2C[C@H](O)C[C@H]2C(=O)NCc2ccc(C(C=N)=NN)cc2)on1. The Bertz CT molecular complexity index is 952. The van der Waals surface area contributed by atoms with Crippen LogP contribution in [0.5, 0.6) is 0 Å². The number of aryl methyl sites for hydroxylation is 1. The van der Waals surface area contributed by atoms with Crippen LogP contribution in [0.4, 0.5) is 0 Å². The Balaban J connectivity index is 1.60. The predicted octanol–water partition coefficient (Wildman–Crippen LogP) is 0.116. The van der Waals surface area contributed by atoms with Crippen LogP contribution in [-0.2, 0) is 22.6 Å². The van der Waals surface area contributed by atoms with Crippen LogP contribution in [0.3, 0.4) is 0 Å². The van der Waals surface area contributed by atoms with Crippen molar-refractivity contribution < 1.29 is 19.2 Å². The Hall–Kier alpha value is -3.53. The summed E-state index contributed by atoms with van der Waals surface area (Å²) in [7, 11) is 0. The summed E-state index contributed by atoms with van der Waals surface area (Å²) in [6.45, 7) is 2.12. The summed E-state index contributed by atoms with van der Waals surface area (Å²) in [6, 6.07) is 8.03. The molecule has 0 unspecified atom stereocenters. The molecule has 10 heteroatoms. The summed E-state index contributed by atoms with van der Waals surface area (Å²) >= 11 is 0. The van der Waals surface area contributed by atoms with Gasteiger partial charge in [0.2, 0.25) is 11.8 Å². The van der Waals surface area contributed by atoms with E-state index in [1.807, 2.05) is 0 Å². The number of carbonyl (C=O) groups is 2. The van der Waals surface area contributed by atoms with Crippen LogP contribution in [0, 0.1) is 12.3 Å². The highest BCUT2D eigenvalue weighted by molar-refractivity contribution is 6.37. The van der Waals surface area contributed by atoms with Gasteiger partial charge in [-0.3, -0.25) is 9.59 Å². The minimum Gasteiger partial charge on any atom is -0.391 e. The molecule has 0 saturated carbocycles. The number of carbonyl (C=O) groups excluding carboxylic acids is 2. The lowest BCUT2D eigenvalue weighted by atomic mass is 10.1. The number of rotatable bonds is 7. The topological polar surface area (TPSA) is 158 Å². The number of benzene rings is 1. The van der Waals surface area contributed by atoms with Crippen molar-refractivity contribution in [3.63, 3.8) is 0 Å². The molecule has 1 aliphatic heterocycles. The van der Waals surface area contributed by atoms with Crippen molar-refractivity contribution in [2.75, 3.05) is 6.54 Å². The van der Waals surface area contributed by atoms with Gasteiger partial charge >= 0.3 is 0 Å². The van der Waals surface area contributed by atoms with Crippen LogP contribution < -0.4 is 11.2 Å². The summed E-state index contributed by atoms with van der Waals surface area (Å²) in [6.07, 6.45) is 0.474. The minimum absolute atomic E-state index is 0.0170. The number of hydrogen-bond donors (Lipinski definition) is 4. The molecule has 2 aromatic rings. The number of amides is 2. The highest BCUT2D eigenvalue weighted by atomic mass is 16.5. The fourth-order valence-electron chi connectivity index (χ4n) is 3.38. The van der Waals surface area contributed by atoms with Gasteiger partial charge in [-0.15, -0.1) is 0 Å². The van der Waals surface area contributed by atoms with Gasteiger partial charge in [-0.1, -0.05) is 29.4 Å². The lowest BCUT2D eigenvalue weighted by Gasteiger charge is -2.23. The molecular formula is C20H24N6O4. The second kappa shape index (κ2) is 9.31. The van der Waals surface area contributed by atoms with E-state index in [1.54, 1.807) is 37.3 Å². The van der Waals surface area contributed by atoms with Crippen LogP contribution in [0.25, 0.3) is 0 Å². The summed E-state index contributed by atoms with van der Waals surface area (Å²) < 4.78 is 5.07. The molecular weight excluding hydrogens is 388 g/mol. The van der Waals surface area contributed by atoms with E-state index in [-0.39, 0.29) is 37.7 Å². The second-order valence-corrected chi connectivity index (χ2v) is 7.14. The predicted molar refractivity (Wildman–Crippen MR) is 109 cm³/mol. The monoisotopic (exact) mass is 412 g/mol. The number of aliphatic hydroxyl groups excluding tert-OH is 1. The van der Waals surface area contributed by atoms with E-state index in [0.717, 1.165) is 11.8 Å². The third-order valence-electron chi connectivity index (χ3n) is 4.90. The largest absolute Gasteiger partial charge is 0.391 e. The number of hydrogen-bond acceptors (Lipinski definition) is 8. The average molecular weight is 412 g/mol. The van der Waals surface area contributed by atoms with E-state index in [9.17, 15) is 14.7 Å². The van der Waals surface area contributed by atoms with Crippen molar-refractivity contribution in [3.05, 3.63) is 52.9 Å². The molecule has 2 heterocycles. The molecule has 158 valence electrons. The highest BCUT2D eigenvalue weighted by Gasteiger charge is 2.38. The maximum atomic E-state index is 12.7. The normalized spacial score (nSPS) is 19.0. The van der Waals surface area contributed by atoms with Gasteiger partial charge in [0.25, 0.3) is 0 Å². The van der Waals surface area contributed by atoms with Gasteiger partial charge in [-0.25, -0.2) is 0 Å². The van der Waals surface area contributed by atoms with Gasteiger partial charge in [0.05, 0.1) is 18.2 Å². The van der Waals surface area contributed by atoms with E-state index in [1.165, 1.54) is 4.90 Å². The van der Waals surface area contributed by atoms with Gasteiger partial charge in [-0.2, -0.15) is 5.10 Å². The molecule has 1 aliphatic rings. The van der Waals surface area contributed by atoms with Crippen LogP contribution >= 0.6 is 0 Å². The van der Waals surface area contributed by atoms with E-state index >= 15 is 0 Å². The highest BCUT2D eigenvalue weighted by Crippen LogP contribution is 2.20. The molecule has 3 rings (SSSR count). The zero-order valence-electron chi connectivity index (χ0n) is 16.5. The molecule has 0 aliphatic carbocycles. The molecule has 2 amide bonds. The number of nitrogens with one attached hydrogen (secondary N) is 2. The second-order valence-electron chi connectivity index (χ2n) is 7.14. The zero-order valence-corrected chi connectivity index (χ0v) is 16.5. The molecule has 30 heavy (non-hydrogen) atoms. The van der Waals surface area contributed by atoms with Gasteiger partial charge < -0.3 is 31.1 Å². The van der Waals surface area contributed by atoms with E-state index in [2.05, 4.69) is 15.6 Å². The molecule has 2 atom stereocenters. The number of aliphatic hydroxyl groups is 1. The molecule has 0 spiro atoms. The molecule has 1 aromatic heterocycles. The average Bonchev–Trinajstić information content (AvgIpc) is 3.33. The Labute approximate surface area is 173 Å². The quantitative estimate of drug-likeness (QED) is 0.287. The molecule has 10 nitrogen and oxygen atoms in total. The first kappa shape index (κ1) is 21.2. The van der Waals surface area contributed by atoms with Crippen molar-refractivity contribution in [2.45, 2.75) is 38.5 Å². The van der Waals surface area contributed by atoms with Gasteiger partial charge in [0.15, 0.2) is 0 Å². The Kier molecular flexibility index (Phi) is 6.58. The fraction of sp³-hybridized carbons (Fsp3) is 0.350. The smallest absolute Gasteiger partial charge is 0.243 e. The van der Waals surface area contributed by atoms with Gasteiger partial charge in [0.1, 0.15) is 17.5 Å². The molecule has 1 fully saturated rings. The third kappa shape index (κ3) is 4.90. The Morgan fingerprint density at radius 3 is 2.77 bits per heavy atom. The van der Waals surface area contributed by atoms with Gasteiger partial charge in [-0.05, 0) is 12.5 Å². The van der Waals surface area contributed by atoms with E-state index in [0.29, 0.717) is 22.7 Å². The molecule has 1 aromatic carbocycles. The van der Waals surface area contributed by atoms with Crippen LogP contribution in [0.2, 0.25) is 0 Å². The number of β-amino-alcohol motifs (C(OH)–C–C–N with tert-alkyl or cyclic N) is 1. The van der Waals surface area contributed by atoms with Crippen LogP contribution in [-0.4, -0.2) is 57.6 Å². The first-order valence-electron chi connectivity index (χ1n) is 9.46. The van der Waals surface area contributed by atoms with E-state index in [4.69, 9.17) is 15.8 Å². The van der Waals surface area contributed by atoms with Crippen molar-refractivity contribution in [2.24, 2.45) is 10.9 Å². The van der Waals surface area contributed by atoms with Crippen molar-refractivity contribution in [1.29, 1.82) is 5.41 Å². The van der Waals surface area contributed by atoms with Crippen LogP contribution in [0.1, 0.15) is 29.0 Å². The first-order chi connectivity index (χ1) is 14.4. The summed E-state index contributed by atoms with van der Waals surface area (Å²) in [4.78, 5) is 26.7.